The summed E-state index contributed by atoms with van der Waals surface area (Å²) in [7, 11) is -4.07. The molecule has 0 bridgehead atoms. The Hall–Kier alpha value is -3.08. The lowest BCUT2D eigenvalue weighted by Gasteiger charge is -2.15. The van der Waals surface area contributed by atoms with Crippen molar-refractivity contribution >= 4 is 33.7 Å². The van der Waals surface area contributed by atoms with Gasteiger partial charge in [0, 0.05) is 12.6 Å². The van der Waals surface area contributed by atoms with Crippen LogP contribution < -0.4 is 15.5 Å². The fourth-order valence-electron chi connectivity index (χ4n) is 2.14. The lowest BCUT2D eigenvalue weighted by Crippen LogP contribution is -2.47. The highest BCUT2D eigenvalue weighted by Gasteiger charge is 2.25. The number of amides is 2. The molecule has 2 amide bonds. The first-order chi connectivity index (χ1) is 13.3. The number of aliphatic hydroxyl groups excluding tert-OH is 1. The van der Waals surface area contributed by atoms with Gasteiger partial charge in [-0.25, -0.2) is 13.8 Å². The molecule has 0 spiro atoms. The monoisotopic (exact) mass is 404 g/mol. The van der Waals surface area contributed by atoms with E-state index in [1.54, 1.807) is 24.3 Å². The van der Waals surface area contributed by atoms with Crippen molar-refractivity contribution in [2.45, 2.75) is 17.9 Å². The summed E-state index contributed by atoms with van der Waals surface area (Å²) in [4.78, 5) is 23.0. The topological polar surface area (TPSA) is 137 Å². The first-order valence-electron chi connectivity index (χ1n) is 8.20. The minimum absolute atomic E-state index is 0.124. The Bertz CT molecular complexity index is 944. The zero-order valence-electron chi connectivity index (χ0n) is 15.0. The van der Waals surface area contributed by atoms with Crippen LogP contribution in [-0.4, -0.2) is 44.2 Å². The predicted octanol–water partition coefficient (Wildman–Crippen LogP) is 0.435. The Morgan fingerprint density at radius 1 is 1.11 bits per heavy atom. The molecule has 0 fully saturated rings. The van der Waals surface area contributed by atoms with E-state index in [1.165, 1.54) is 37.4 Å². The van der Waals surface area contributed by atoms with Crippen molar-refractivity contribution < 1.29 is 23.1 Å². The summed E-state index contributed by atoms with van der Waals surface area (Å²) in [6.07, 6.45) is 1.39. The van der Waals surface area contributed by atoms with Gasteiger partial charge < -0.3 is 10.4 Å². The minimum Gasteiger partial charge on any atom is -0.394 e. The molecule has 0 aliphatic heterocycles. The van der Waals surface area contributed by atoms with Crippen LogP contribution in [0.5, 0.6) is 0 Å². The van der Waals surface area contributed by atoms with Crippen LogP contribution in [0.1, 0.15) is 12.5 Å². The van der Waals surface area contributed by atoms with Gasteiger partial charge in [0.15, 0.2) is 0 Å². The Balaban J connectivity index is 2.02. The molecule has 28 heavy (non-hydrogen) atoms. The summed E-state index contributed by atoms with van der Waals surface area (Å²) in [5.41, 5.74) is 3.35. The molecule has 0 saturated carbocycles. The first kappa shape index (κ1) is 21.2. The fraction of sp³-hybridized carbons (Fsp3) is 0.167. The second kappa shape index (κ2) is 9.74. The van der Waals surface area contributed by atoms with Gasteiger partial charge >= 0.3 is 0 Å². The molecule has 10 heteroatoms. The summed E-state index contributed by atoms with van der Waals surface area (Å²) in [6.45, 7) is 0.576. The number of carbonyl (C=O) groups excluding carboxylic acids is 2. The summed E-state index contributed by atoms with van der Waals surface area (Å²) in [6, 6.07) is 12.9. The SMILES string of the molecule is CC(=O)Nc1ccc(S(=O)(=O)N[C@@H](CO)C(=O)N/N=C/c2ccccc2)cc1. The number of sulfonamides is 1. The maximum Gasteiger partial charge on any atom is 0.260 e. The largest absolute Gasteiger partial charge is 0.394 e. The Kier molecular flexibility index (Phi) is 7.38. The molecule has 0 saturated heterocycles. The molecule has 0 aliphatic carbocycles. The van der Waals surface area contributed by atoms with E-state index in [1.807, 2.05) is 6.07 Å². The maximum atomic E-state index is 12.4. The van der Waals surface area contributed by atoms with Crippen molar-refractivity contribution in [3.05, 3.63) is 60.2 Å². The molecule has 0 heterocycles. The molecule has 0 aliphatic rings. The molecule has 148 valence electrons. The standard InChI is InChI=1S/C18H20N4O5S/c1-13(24)20-15-7-9-16(10-8-15)28(26,27)22-17(12-23)18(25)21-19-11-14-5-3-2-4-6-14/h2-11,17,22-23H,12H2,1H3,(H,20,24)(H,21,25)/b19-11+/t17-/m0/s1. The lowest BCUT2D eigenvalue weighted by atomic mass is 10.2. The summed E-state index contributed by atoms with van der Waals surface area (Å²) < 4.78 is 26.9. The number of anilines is 1. The molecule has 0 unspecified atom stereocenters. The highest BCUT2D eigenvalue weighted by atomic mass is 32.2. The zero-order valence-corrected chi connectivity index (χ0v) is 15.8. The van der Waals surface area contributed by atoms with Gasteiger partial charge in [-0.2, -0.15) is 9.82 Å². The van der Waals surface area contributed by atoms with Gasteiger partial charge in [0.2, 0.25) is 15.9 Å². The van der Waals surface area contributed by atoms with E-state index in [2.05, 4.69) is 20.6 Å². The van der Waals surface area contributed by atoms with Crippen LogP contribution in [0.25, 0.3) is 0 Å². The molecule has 2 aromatic carbocycles. The van der Waals surface area contributed by atoms with Gasteiger partial charge in [0.25, 0.3) is 5.91 Å². The maximum absolute atomic E-state index is 12.4. The average Bonchev–Trinajstić information content (AvgIpc) is 2.67. The van der Waals surface area contributed by atoms with Gasteiger partial charge in [-0.15, -0.1) is 0 Å². The van der Waals surface area contributed by atoms with E-state index in [0.717, 1.165) is 5.56 Å². The number of carbonyl (C=O) groups is 2. The highest BCUT2D eigenvalue weighted by molar-refractivity contribution is 7.89. The summed E-state index contributed by atoms with van der Waals surface area (Å²) >= 11 is 0. The molecule has 4 N–H and O–H groups in total. The van der Waals surface area contributed by atoms with Gasteiger partial charge in [0.1, 0.15) is 6.04 Å². The third-order valence-electron chi connectivity index (χ3n) is 3.47. The predicted molar refractivity (Wildman–Crippen MR) is 104 cm³/mol. The second-order valence-electron chi connectivity index (χ2n) is 5.71. The van der Waals surface area contributed by atoms with Crippen molar-refractivity contribution in [2.75, 3.05) is 11.9 Å². The lowest BCUT2D eigenvalue weighted by molar-refractivity contribution is -0.123. The summed E-state index contributed by atoms with van der Waals surface area (Å²) in [5, 5.41) is 15.6. The normalized spacial score (nSPS) is 12.5. The highest BCUT2D eigenvalue weighted by Crippen LogP contribution is 2.14. The second-order valence-corrected chi connectivity index (χ2v) is 7.42. The molecule has 1 atom stereocenters. The number of benzene rings is 2. The third-order valence-corrected chi connectivity index (χ3v) is 4.96. The fourth-order valence-corrected chi connectivity index (χ4v) is 3.32. The van der Waals surface area contributed by atoms with Crippen LogP contribution in [0, 0.1) is 0 Å². The van der Waals surface area contributed by atoms with Crippen molar-refractivity contribution in [1.29, 1.82) is 0 Å². The van der Waals surface area contributed by atoms with Crippen molar-refractivity contribution in [2.24, 2.45) is 5.10 Å². The van der Waals surface area contributed by atoms with Gasteiger partial charge in [-0.3, -0.25) is 9.59 Å². The number of hydrogen-bond acceptors (Lipinski definition) is 6. The van der Waals surface area contributed by atoms with Crippen LogP contribution in [-0.2, 0) is 19.6 Å². The number of rotatable bonds is 8. The molecule has 9 nitrogen and oxygen atoms in total. The number of nitrogens with one attached hydrogen (secondary N) is 3. The smallest absolute Gasteiger partial charge is 0.260 e. The Labute approximate surface area is 162 Å². The van der Waals surface area contributed by atoms with Gasteiger partial charge in [-0.05, 0) is 29.8 Å². The number of nitrogens with zero attached hydrogens (tertiary/aromatic N) is 1. The van der Waals surface area contributed by atoms with Crippen LogP contribution in [0.3, 0.4) is 0 Å². The van der Waals surface area contributed by atoms with E-state index in [-0.39, 0.29) is 10.8 Å². The van der Waals surface area contributed by atoms with Crippen molar-refractivity contribution in [3.63, 3.8) is 0 Å². The Morgan fingerprint density at radius 3 is 2.32 bits per heavy atom. The minimum atomic E-state index is -4.07. The van der Waals surface area contributed by atoms with E-state index in [4.69, 9.17) is 0 Å². The van der Waals surface area contributed by atoms with Gasteiger partial charge in [0.05, 0.1) is 17.7 Å². The van der Waals surface area contributed by atoms with Crippen molar-refractivity contribution in [1.82, 2.24) is 10.1 Å². The number of hydrogen-bond donors (Lipinski definition) is 4. The van der Waals surface area contributed by atoms with Crippen LogP contribution >= 0.6 is 0 Å². The first-order valence-corrected chi connectivity index (χ1v) is 9.69. The van der Waals surface area contributed by atoms with Gasteiger partial charge in [-0.1, -0.05) is 30.3 Å². The molecular formula is C18H20N4O5S. The Morgan fingerprint density at radius 2 is 1.75 bits per heavy atom. The third kappa shape index (κ3) is 6.27. The van der Waals surface area contributed by atoms with Crippen LogP contribution in [0.2, 0.25) is 0 Å². The van der Waals surface area contributed by atoms with E-state index < -0.39 is 28.6 Å². The molecule has 2 aromatic rings. The molecule has 0 aromatic heterocycles. The summed E-state index contributed by atoms with van der Waals surface area (Å²) in [5.74, 6) is -1.10. The molecule has 2 rings (SSSR count). The van der Waals surface area contributed by atoms with Crippen LogP contribution in [0.4, 0.5) is 5.69 Å². The zero-order chi connectivity index (χ0) is 20.6. The van der Waals surface area contributed by atoms with E-state index >= 15 is 0 Å². The number of hydrazone groups is 1. The van der Waals surface area contributed by atoms with Crippen molar-refractivity contribution in [3.8, 4) is 0 Å². The molecular weight excluding hydrogens is 384 g/mol. The number of aliphatic hydroxyl groups is 1. The molecule has 0 radical (unpaired) electrons. The average molecular weight is 404 g/mol. The quantitative estimate of drug-likeness (QED) is 0.374. The van der Waals surface area contributed by atoms with E-state index in [0.29, 0.717) is 5.69 Å². The van der Waals surface area contributed by atoms with Crippen LogP contribution in [0.15, 0.2) is 64.6 Å². The van der Waals surface area contributed by atoms with E-state index in [9.17, 15) is 23.1 Å².